The molecule has 8 nitrogen and oxygen atoms in total. The van der Waals surface area contributed by atoms with Crippen LogP contribution < -0.4 is 9.80 Å². The Morgan fingerprint density at radius 3 is 2.67 bits per heavy atom. The van der Waals surface area contributed by atoms with Crippen molar-refractivity contribution in [3.63, 3.8) is 0 Å². The van der Waals surface area contributed by atoms with Crippen LogP contribution in [-0.4, -0.2) is 64.2 Å². The third-order valence-corrected chi connectivity index (χ3v) is 4.98. The van der Waals surface area contributed by atoms with Crippen molar-refractivity contribution in [2.45, 2.75) is 38.3 Å². The molecule has 1 unspecified atom stereocenters. The maximum Gasteiger partial charge on any atom is 0.407 e. The van der Waals surface area contributed by atoms with Crippen molar-refractivity contribution >= 4 is 35.1 Å². The summed E-state index contributed by atoms with van der Waals surface area (Å²) in [6.45, 7) is 2.86. The molecule has 24 heavy (non-hydrogen) atoms. The van der Waals surface area contributed by atoms with Crippen LogP contribution in [-0.2, 0) is 4.79 Å². The van der Waals surface area contributed by atoms with Gasteiger partial charge in [-0.25, -0.2) is 9.78 Å². The quantitative estimate of drug-likeness (QED) is 0.816. The average molecular weight is 354 g/mol. The van der Waals surface area contributed by atoms with E-state index in [9.17, 15) is 9.59 Å². The molecular weight excluding hydrogens is 334 g/mol. The van der Waals surface area contributed by atoms with Crippen LogP contribution in [0.3, 0.4) is 0 Å². The average Bonchev–Trinajstić information content (AvgIpc) is 2.57. The number of carbonyl (C=O) groups excluding carboxylic acids is 1. The van der Waals surface area contributed by atoms with Gasteiger partial charge in [-0.2, -0.15) is 4.98 Å². The fourth-order valence-electron chi connectivity index (χ4n) is 3.52. The van der Waals surface area contributed by atoms with Crippen molar-refractivity contribution in [3.8, 4) is 0 Å². The van der Waals surface area contributed by atoms with Crippen LogP contribution in [0.4, 0.5) is 16.3 Å². The Kier molecular flexibility index (Phi) is 4.49. The Bertz CT molecular complexity index is 663. The van der Waals surface area contributed by atoms with Gasteiger partial charge in [0.05, 0.1) is 6.20 Å². The first-order valence-electron chi connectivity index (χ1n) is 8.00. The molecule has 0 bridgehead atoms. The summed E-state index contributed by atoms with van der Waals surface area (Å²) in [5.41, 5.74) is 0.634. The maximum absolute atomic E-state index is 12.7. The number of hydrogen-bond acceptors (Lipinski definition) is 5. The molecular formula is C15H20ClN5O3. The third-order valence-electron chi connectivity index (χ3n) is 4.79. The molecule has 1 aromatic heterocycles. The number of nitrogens with zero attached hydrogens (tertiary/aromatic N) is 5. The zero-order valence-electron chi connectivity index (χ0n) is 13.6. The molecule has 2 amide bonds. The van der Waals surface area contributed by atoms with E-state index in [1.165, 1.54) is 4.90 Å². The second-order valence-corrected chi connectivity index (χ2v) is 6.42. The number of rotatable bonds is 2. The first kappa shape index (κ1) is 16.8. The van der Waals surface area contributed by atoms with E-state index in [1.54, 1.807) is 18.1 Å². The number of aromatic nitrogens is 2. The lowest BCUT2D eigenvalue weighted by Gasteiger charge is -2.46. The number of anilines is 2. The number of likely N-dealkylation sites (tertiary alicyclic amines) is 1. The van der Waals surface area contributed by atoms with Crippen molar-refractivity contribution in [3.05, 3.63) is 11.5 Å². The highest BCUT2D eigenvalue weighted by atomic mass is 35.5. The molecule has 1 N–H and O–H groups in total. The molecule has 3 rings (SSSR count). The number of hydrogen-bond donors (Lipinski definition) is 1. The predicted molar refractivity (Wildman–Crippen MR) is 89.6 cm³/mol. The zero-order chi connectivity index (χ0) is 17.4. The van der Waals surface area contributed by atoms with Crippen molar-refractivity contribution < 1.29 is 14.7 Å². The summed E-state index contributed by atoms with van der Waals surface area (Å²) in [5, 5.41) is 9.26. The van der Waals surface area contributed by atoms with E-state index in [4.69, 9.17) is 16.7 Å². The minimum Gasteiger partial charge on any atom is -0.465 e. The van der Waals surface area contributed by atoms with E-state index < -0.39 is 6.09 Å². The van der Waals surface area contributed by atoms with E-state index in [0.717, 1.165) is 0 Å². The molecule has 0 aliphatic carbocycles. The van der Waals surface area contributed by atoms with Gasteiger partial charge in [0.15, 0.2) is 5.82 Å². The molecule has 1 fully saturated rings. The molecule has 9 heteroatoms. The Morgan fingerprint density at radius 2 is 2.08 bits per heavy atom. The normalized spacial score (nSPS) is 21.9. The number of carbonyl (C=O) groups is 2. The monoisotopic (exact) mass is 353 g/mol. The lowest BCUT2D eigenvalue weighted by atomic mass is 9.97. The van der Waals surface area contributed by atoms with Crippen LogP contribution in [0.25, 0.3) is 0 Å². The van der Waals surface area contributed by atoms with Crippen LogP contribution in [0.5, 0.6) is 0 Å². The van der Waals surface area contributed by atoms with Gasteiger partial charge in [-0.05, 0) is 30.9 Å². The number of amides is 2. The van der Waals surface area contributed by atoms with Gasteiger partial charge in [-0.1, -0.05) is 6.92 Å². The summed E-state index contributed by atoms with van der Waals surface area (Å²) in [5.74, 6) is 0.648. The van der Waals surface area contributed by atoms with Gasteiger partial charge in [-0.15, -0.1) is 0 Å². The summed E-state index contributed by atoms with van der Waals surface area (Å²) in [6, 6.07) is -0.275. The topological polar surface area (TPSA) is 89.9 Å². The maximum atomic E-state index is 12.7. The molecule has 2 aliphatic heterocycles. The standard InChI is InChI=1S/C15H20ClN5O3/c1-3-10-13(22)19(2)11-8-17-14(16)18-12(11)21(10)9-4-6-20(7-5-9)15(23)24/h8-10H,3-7H2,1-2H3,(H,23,24). The smallest absolute Gasteiger partial charge is 0.407 e. The fraction of sp³-hybridized carbons (Fsp3) is 0.600. The van der Waals surface area contributed by atoms with Gasteiger partial charge >= 0.3 is 6.09 Å². The van der Waals surface area contributed by atoms with E-state index >= 15 is 0 Å². The highest BCUT2D eigenvalue weighted by Gasteiger charge is 2.41. The Hall–Kier alpha value is -2.09. The lowest BCUT2D eigenvalue weighted by Crippen LogP contribution is -2.58. The van der Waals surface area contributed by atoms with Gasteiger partial charge in [0.1, 0.15) is 11.7 Å². The zero-order valence-corrected chi connectivity index (χ0v) is 14.4. The highest BCUT2D eigenvalue weighted by Crippen LogP contribution is 2.38. The molecule has 1 saturated heterocycles. The molecule has 130 valence electrons. The summed E-state index contributed by atoms with van der Waals surface area (Å²) in [7, 11) is 1.71. The van der Waals surface area contributed by atoms with Crippen LogP contribution in [0.2, 0.25) is 5.28 Å². The fourth-order valence-corrected chi connectivity index (χ4v) is 3.64. The van der Waals surface area contributed by atoms with E-state index in [-0.39, 0.29) is 23.3 Å². The minimum atomic E-state index is -0.902. The molecule has 0 radical (unpaired) electrons. The van der Waals surface area contributed by atoms with Gasteiger partial charge in [-0.3, -0.25) is 4.79 Å². The highest BCUT2D eigenvalue weighted by molar-refractivity contribution is 6.28. The van der Waals surface area contributed by atoms with Crippen LogP contribution in [0.15, 0.2) is 6.20 Å². The first-order valence-corrected chi connectivity index (χ1v) is 8.38. The first-order chi connectivity index (χ1) is 11.4. The second kappa shape index (κ2) is 6.43. The van der Waals surface area contributed by atoms with Crippen molar-refractivity contribution in [2.75, 3.05) is 29.9 Å². The number of carboxylic acid groups (broad SMARTS) is 1. The van der Waals surface area contributed by atoms with Crippen molar-refractivity contribution in [1.29, 1.82) is 0 Å². The number of fused-ring (bicyclic) bond motifs is 1. The van der Waals surface area contributed by atoms with Crippen LogP contribution in [0.1, 0.15) is 26.2 Å². The molecule has 1 atom stereocenters. The van der Waals surface area contributed by atoms with E-state index in [2.05, 4.69) is 9.97 Å². The van der Waals surface area contributed by atoms with Crippen molar-refractivity contribution in [2.24, 2.45) is 0 Å². The van der Waals surface area contributed by atoms with E-state index in [1.807, 2.05) is 11.8 Å². The molecule has 0 spiro atoms. The minimum absolute atomic E-state index is 0.00316. The summed E-state index contributed by atoms with van der Waals surface area (Å²) < 4.78 is 0. The number of likely N-dealkylation sites (N-methyl/N-ethyl adjacent to an activating group) is 1. The molecule has 2 aliphatic rings. The Labute approximate surface area is 145 Å². The summed E-state index contributed by atoms with van der Waals surface area (Å²) in [6.07, 6.45) is 2.61. The van der Waals surface area contributed by atoms with Crippen molar-refractivity contribution in [1.82, 2.24) is 14.9 Å². The third kappa shape index (κ3) is 2.75. The Morgan fingerprint density at radius 1 is 1.42 bits per heavy atom. The number of halogens is 1. The van der Waals surface area contributed by atoms with Gasteiger partial charge in [0.2, 0.25) is 11.2 Å². The number of piperidine rings is 1. The van der Waals surface area contributed by atoms with Gasteiger partial charge < -0.3 is 19.8 Å². The molecule has 3 heterocycles. The lowest BCUT2D eigenvalue weighted by molar-refractivity contribution is -0.120. The second-order valence-electron chi connectivity index (χ2n) is 6.08. The summed E-state index contributed by atoms with van der Waals surface area (Å²) >= 11 is 5.98. The Balaban J connectivity index is 1.96. The van der Waals surface area contributed by atoms with Gasteiger partial charge in [0.25, 0.3) is 0 Å². The molecule has 0 aromatic carbocycles. The van der Waals surface area contributed by atoms with Crippen LogP contribution >= 0.6 is 11.6 Å². The summed E-state index contributed by atoms with van der Waals surface area (Å²) in [4.78, 5) is 37.2. The molecule has 1 aromatic rings. The van der Waals surface area contributed by atoms with E-state index in [0.29, 0.717) is 43.9 Å². The molecule has 0 saturated carbocycles. The SMILES string of the molecule is CCC1C(=O)N(C)c2cnc(Cl)nc2N1C1CCN(C(=O)O)CC1. The van der Waals surface area contributed by atoms with Gasteiger partial charge in [0, 0.05) is 26.2 Å². The largest absolute Gasteiger partial charge is 0.465 e. The predicted octanol–water partition coefficient (Wildman–Crippen LogP) is 1.83. The van der Waals surface area contributed by atoms with Crippen LogP contribution in [0, 0.1) is 0 Å².